The van der Waals surface area contributed by atoms with Crippen molar-refractivity contribution in [3.8, 4) is 0 Å². The van der Waals surface area contributed by atoms with Crippen LogP contribution in [0.25, 0.3) is 10.9 Å². The number of halogens is 1. The molecule has 0 spiro atoms. The first kappa shape index (κ1) is 13.6. The molecule has 0 bridgehead atoms. The molecule has 3 aromatic rings. The van der Waals surface area contributed by atoms with Gasteiger partial charge >= 0.3 is 0 Å². The van der Waals surface area contributed by atoms with Crippen LogP contribution in [0, 0.1) is 0 Å². The van der Waals surface area contributed by atoms with E-state index in [1.54, 1.807) is 23.9 Å². The molecule has 2 heterocycles. The molecule has 6 heteroatoms. The minimum absolute atomic E-state index is 0.0927. The third kappa shape index (κ3) is 2.60. The molecule has 1 aromatic carbocycles. The fraction of sp³-hybridized carbons (Fsp3) is 0.133. The molecule has 21 heavy (non-hydrogen) atoms. The summed E-state index contributed by atoms with van der Waals surface area (Å²) < 4.78 is 1.73. The standard InChI is InChI=1S/C15H13ClN4O/c1-17-15-7-6-11(16)12(19-15)9-20-13-5-3-2-4-10(13)14(21)8-18-20/h2-8H,9H2,1H3,(H,17,19). The zero-order valence-corrected chi connectivity index (χ0v) is 12.1. The quantitative estimate of drug-likeness (QED) is 0.807. The summed E-state index contributed by atoms with van der Waals surface area (Å²) in [6.07, 6.45) is 1.32. The largest absolute Gasteiger partial charge is 0.373 e. The Hall–Kier alpha value is -2.40. The Bertz CT molecular complexity index is 860. The van der Waals surface area contributed by atoms with Crippen LogP contribution in [-0.2, 0) is 6.54 Å². The lowest BCUT2D eigenvalue weighted by atomic mass is 10.2. The molecule has 0 aliphatic heterocycles. The molecule has 0 saturated carbocycles. The van der Waals surface area contributed by atoms with Crippen molar-refractivity contribution in [2.45, 2.75) is 6.54 Å². The van der Waals surface area contributed by atoms with Crippen LogP contribution in [-0.4, -0.2) is 21.8 Å². The Morgan fingerprint density at radius 3 is 2.86 bits per heavy atom. The molecular weight excluding hydrogens is 288 g/mol. The lowest BCUT2D eigenvalue weighted by molar-refractivity contribution is 0.681. The minimum Gasteiger partial charge on any atom is -0.373 e. The van der Waals surface area contributed by atoms with Gasteiger partial charge in [-0.05, 0) is 24.3 Å². The van der Waals surface area contributed by atoms with Crippen LogP contribution in [0.15, 0.2) is 47.4 Å². The van der Waals surface area contributed by atoms with Gasteiger partial charge in [0.2, 0.25) is 5.43 Å². The lowest BCUT2D eigenvalue weighted by Crippen LogP contribution is -2.14. The minimum atomic E-state index is -0.0927. The van der Waals surface area contributed by atoms with Gasteiger partial charge in [-0.25, -0.2) is 4.98 Å². The molecule has 0 aliphatic carbocycles. The van der Waals surface area contributed by atoms with Crippen LogP contribution >= 0.6 is 11.6 Å². The maximum Gasteiger partial charge on any atom is 0.207 e. The average Bonchev–Trinajstić information content (AvgIpc) is 2.52. The van der Waals surface area contributed by atoms with E-state index in [0.29, 0.717) is 22.6 Å². The van der Waals surface area contributed by atoms with Crippen LogP contribution in [0.3, 0.4) is 0 Å². The highest BCUT2D eigenvalue weighted by Crippen LogP contribution is 2.18. The molecule has 0 aliphatic rings. The molecule has 1 N–H and O–H groups in total. The molecule has 0 amide bonds. The predicted molar refractivity (Wildman–Crippen MR) is 83.9 cm³/mol. The van der Waals surface area contributed by atoms with Crippen molar-refractivity contribution in [2.24, 2.45) is 0 Å². The molecule has 5 nitrogen and oxygen atoms in total. The van der Waals surface area contributed by atoms with Crippen molar-refractivity contribution in [3.63, 3.8) is 0 Å². The first-order valence-electron chi connectivity index (χ1n) is 6.47. The van der Waals surface area contributed by atoms with Gasteiger partial charge in [0.25, 0.3) is 0 Å². The first-order valence-corrected chi connectivity index (χ1v) is 6.85. The van der Waals surface area contributed by atoms with E-state index in [9.17, 15) is 4.79 Å². The van der Waals surface area contributed by atoms with Crippen molar-refractivity contribution >= 4 is 28.3 Å². The highest BCUT2D eigenvalue weighted by atomic mass is 35.5. The second kappa shape index (κ2) is 5.54. The molecule has 0 saturated heterocycles. The zero-order chi connectivity index (χ0) is 14.8. The summed E-state index contributed by atoms with van der Waals surface area (Å²) >= 11 is 6.19. The zero-order valence-electron chi connectivity index (χ0n) is 11.4. The summed E-state index contributed by atoms with van der Waals surface area (Å²) in [7, 11) is 1.80. The Morgan fingerprint density at radius 2 is 2.05 bits per heavy atom. The van der Waals surface area contributed by atoms with E-state index in [0.717, 1.165) is 11.3 Å². The summed E-state index contributed by atoms with van der Waals surface area (Å²) in [5, 5.41) is 8.36. The normalized spacial score (nSPS) is 10.8. The van der Waals surface area contributed by atoms with Gasteiger partial charge < -0.3 is 5.32 Å². The molecule has 106 valence electrons. The summed E-state index contributed by atoms with van der Waals surface area (Å²) in [6, 6.07) is 11.0. The number of nitrogens with zero attached hydrogens (tertiary/aromatic N) is 3. The van der Waals surface area contributed by atoms with Gasteiger partial charge in [-0.3, -0.25) is 9.48 Å². The van der Waals surface area contributed by atoms with Crippen molar-refractivity contribution in [1.29, 1.82) is 0 Å². The van der Waals surface area contributed by atoms with Gasteiger partial charge in [0.05, 0.1) is 29.0 Å². The van der Waals surface area contributed by atoms with Gasteiger partial charge in [-0.1, -0.05) is 23.7 Å². The number of para-hydroxylation sites is 1. The van der Waals surface area contributed by atoms with Crippen LogP contribution < -0.4 is 10.7 Å². The van der Waals surface area contributed by atoms with Crippen molar-refractivity contribution < 1.29 is 0 Å². The first-order chi connectivity index (χ1) is 10.2. The second-order valence-corrected chi connectivity index (χ2v) is 4.97. The van der Waals surface area contributed by atoms with Gasteiger partial charge in [-0.2, -0.15) is 5.10 Å². The molecule has 0 fully saturated rings. The van der Waals surface area contributed by atoms with E-state index in [2.05, 4.69) is 15.4 Å². The van der Waals surface area contributed by atoms with E-state index in [1.165, 1.54) is 6.20 Å². The van der Waals surface area contributed by atoms with E-state index < -0.39 is 0 Å². The number of fused-ring (bicyclic) bond motifs is 1. The van der Waals surface area contributed by atoms with Gasteiger partial charge in [-0.15, -0.1) is 0 Å². The summed E-state index contributed by atoms with van der Waals surface area (Å²) in [5.41, 5.74) is 1.37. The number of pyridine rings is 1. The van der Waals surface area contributed by atoms with Crippen LogP contribution in [0.1, 0.15) is 5.69 Å². The van der Waals surface area contributed by atoms with Crippen molar-refractivity contribution in [2.75, 3.05) is 12.4 Å². The Balaban J connectivity index is 2.11. The van der Waals surface area contributed by atoms with E-state index in [1.807, 2.05) is 24.3 Å². The molecule has 0 unspecified atom stereocenters. The number of aromatic nitrogens is 3. The number of benzene rings is 1. The Labute approximate surface area is 126 Å². The van der Waals surface area contributed by atoms with Crippen LogP contribution in [0.5, 0.6) is 0 Å². The molecule has 0 radical (unpaired) electrons. The van der Waals surface area contributed by atoms with Gasteiger partial charge in [0, 0.05) is 12.4 Å². The van der Waals surface area contributed by atoms with Crippen LogP contribution in [0.2, 0.25) is 5.02 Å². The Kier molecular flexibility index (Phi) is 3.58. The van der Waals surface area contributed by atoms with E-state index >= 15 is 0 Å². The fourth-order valence-electron chi connectivity index (χ4n) is 2.16. The topological polar surface area (TPSA) is 59.8 Å². The highest BCUT2D eigenvalue weighted by molar-refractivity contribution is 6.31. The van der Waals surface area contributed by atoms with Gasteiger partial charge in [0.15, 0.2) is 0 Å². The highest BCUT2D eigenvalue weighted by Gasteiger charge is 2.08. The maximum atomic E-state index is 11.8. The molecular formula is C15H13ClN4O. The number of nitrogens with one attached hydrogen (secondary N) is 1. The summed E-state index contributed by atoms with van der Waals surface area (Å²) in [4.78, 5) is 16.3. The van der Waals surface area contributed by atoms with Crippen molar-refractivity contribution in [1.82, 2.24) is 14.8 Å². The number of anilines is 1. The molecule has 0 atom stereocenters. The van der Waals surface area contributed by atoms with Crippen LogP contribution in [0.4, 0.5) is 5.82 Å². The molecule has 3 rings (SSSR count). The average molecular weight is 301 g/mol. The molecule has 2 aromatic heterocycles. The summed E-state index contributed by atoms with van der Waals surface area (Å²) in [5.74, 6) is 0.736. The SMILES string of the molecule is CNc1ccc(Cl)c(Cn2ncc(=O)c3ccccc32)n1. The number of hydrogen-bond acceptors (Lipinski definition) is 4. The van der Waals surface area contributed by atoms with Crippen molar-refractivity contribution in [3.05, 3.63) is 63.5 Å². The fourth-order valence-corrected chi connectivity index (χ4v) is 2.33. The summed E-state index contributed by atoms with van der Waals surface area (Å²) in [6.45, 7) is 0.398. The smallest absolute Gasteiger partial charge is 0.207 e. The second-order valence-electron chi connectivity index (χ2n) is 4.56. The maximum absolute atomic E-state index is 11.8. The van der Waals surface area contributed by atoms with E-state index in [-0.39, 0.29) is 5.43 Å². The Morgan fingerprint density at radius 1 is 1.24 bits per heavy atom. The van der Waals surface area contributed by atoms with Gasteiger partial charge in [0.1, 0.15) is 5.82 Å². The third-order valence-electron chi connectivity index (χ3n) is 3.24. The van der Waals surface area contributed by atoms with E-state index in [4.69, 9.17) is 11.6 Å². The lowest BCUT2D eigenvalue weighted by Gasteiger charge is -2.11. The third-order valence-corrected chi connectivity index (χ3v) is 3.58. The number of hydrogen-bond donors (Lipinski definition) is 1. The predicted octanol–water partition coefficient (Wildman–Crippen LogP) is 2.53. The monoisotopic (exact) mass is 300 g/mol. The number of rotatable bonds is 3.